The molecule has 1 rings (SSSR count). The Morgan fingerprint density at radius 3 is 2.71 bits per heavy atom. The van der Waals surface area contributed by atoms with Crippen LogP contribution in [0, 0.1) is 0 Å². The minimum absolute atomic E-state index is 0.103. The van der Waals surface area contributed by atoms with Gasteiger partial charge in [-0.25, -0.2) is 0 Å². The number of ether oxygens (including phenoxy) is 1. The lowest BCUT2D eigenvalue weighted by atomic mass is 10.1. The van der Waals surface area contributed by atoms with Gasteiger partial charge in [0.15, 0.2) is 5.78 Å². The van der Waals surface area contributed by atoms with Gasteiger partial charge >= 0.3 is 0 Å². The first-order valence-corrected chi connectivity index (χ1v) is 4.67. The Morgan fingerprint density at radius 2 is 2.21 bits per heavy atom. The Kier molecular flexibility index (Phi) is 3.61. The van der Waals surface area contributed by atoms with Crippen LogP contribution in [0.25, 0.3) is 0 Å². The molecule has 0 aliphatic heterocycles. The first-order chi connectivity index (χ1) is 6.60. The van der Waals surface area contributed by atoms with Crippen molar-refractivity contribution >= 4 is 29.0 Å². The normalized spacial score (nSPS) is 9.93. The third kappa shape index (κ3) is 2.11. The second-order valence-corrected chi connectivity index (χ2v) is 3.24. The molecule has 14 heavy (non-hydrogen) atoms. The van der Waals surface area contributed by atoms with E-state index in [0.717, 1.165) is 0 Å². The van der Waals surface area contributed by atoms with E-state index in [9.17, 15) is 9.90 Å². The van der Waals surface area contributed by atoms with E-state index in [1.165, 1.54) is 19.2 Å². The van der Waals surface area contributed by atoms with E-state index in [-0.39, 0.29) is 28.0 Å². The van der Waals surface area contributed by atoms with Gasteiger partial charge in [0, 0.05) is 6.07 Å². The van der Waals surface area contributed by atoms with Gasteiger partial charge in [-0.2, -0.15) is 0 Å². The molecular weight excluding hydrogens is 227 g/mol. The van der Waals surface area contributed by atoms with E-state index in [1.54, 1.807) is 0 Å². The molecule has 5 heteroatoms. The van der Waals surface area contributed by atoms with Crippen molar-refractivity contribution in [1.82, 2.24) is 0 Å². The number of hydrogen-bond donors (Lipinski definition) is 1. The van der Waals surface area contributed by atoms with Crippen LogP contribution in [0.4, 0.5) is 0 Å². The molecular formula is C9H8Cl2O3. The molecule has 0 amide bonds. The molecule has 0 atom stereocenters. The van der Waals surface area contributed by atoms with E-state index in [2.05, 4.69) is 0 Å². The fourth-order valence-electron chi connectivity index (χ4n) is 0.994. The monoisotopic (exact) mass is 234 g/mol. The van der Waals surface area contributed by atoms with Crippen molar-refractivity contribution in [1.29, 1.82) is 0 Å². The fourth-order valence-corrected chi connectivity index (χ4v) is 1.38. The van der Waals surface area contributed by atoms with Crippen LogP contribution in [-0.4, -0.2) is 23.9 Å². The highest BCUT2D eigenvalue weighted by molar-refractivity contribution is 6.34. The van der Waals surface area contributed by atoms with Crippen LogP contribution in [-0.2, 0) is 0 Å². The zero-order valence-electron chi connectivity index (χ0n) is 7.38. The highest BCUT2D eigenvalue weighted by Gasteiger charge is 2.13. The molecule has 76 valence electrons. The highest BCUT2D eigenvalue weighted by atomic mass is 35.5. The average Bonchev–Trinajstić information content (AvgIpc) is 2.19. The Hall–Kier alpha value is -0.930. The molecule has 0 unspecified atom stereocenters. The van der Waals surface area contributed by atoms with Gasteiger partial charge in [-0.1, -0.05) is 11.6 Å². The molecule has 3 nitrogen and oxygen atoms in total. The molecule has 0 spiro atoms. The summed E-state index contributed by atoms with van der Waals surface area (Å²) in [4.78, 5) is 11.2. The molecule has 0 saturated heterocycles. The first-order valence-electron chi connectivity index (χ1n) is 3.75. The number of benzene rings is 1. The summed E-state index contributed by atoms with van der Waals surface area (Å²) in [5, 5.41) is 9.69. The number of ketones is 1. The average molecular weight is 235 g/mol. The zero-order valence-corrected chi connectivity index (χ0v) is 8.89. The van der Waals surface area contributed by atoms with Gasteiger partial charge in [-0.05, 0) is 6.07 Å². The van der Waals surface area contributed by atoms with Crippen molar-refractivity contribution in [2.45, 2.75) is 0 Å². The molecule has 1 N–H and O–H groups in total. The second-order valence-electron chi connectivity index (χ2n) is 2.56. The Bertz CT molecular complexity index is 363. The van der Waals surface area contributed by atoms with Gasteiger partial charge < -0.3 is 9.84 Å². The minimum Gasteiger partial charge on any atom is -0.507 e. The van der Waals surface area contributed by atoms with Gasteiger partial charge in [0.05, 0.1) is 23.6 Å². The van der Waals surface area contributed by atoms with Crippen LogP contribution in [0.5, 0.6) is 11.5 Å². The number of aromatic hydroxyl groups is 1. The van der Waals surface area contributed by atoms with Crippen LogP contribution in [0.15, 0.2) is 12.1 Å². The van der Waals surface area contributed by atoms with Gasteiger partial charge in [0.25, 0.3) is 0 Å². The van der Waals surface area contributed by atoms with Gasteiger partial charge in [-0.3, -0.25) is 4.79 Å². The first kappa shape index (κ1) is 11.1. The molecule has 0 aliphatic rings. The van der Waals surface area contributed by atoms with Crippen LogP contribution in [0.3, 0.4) is 0 Å². The van der Waals surface area contributed by atoms with Crippen LogP contribution >= 0.6 is 23.2 Å². The zero-order chi connectivity index (χ0) is 10.7. The Morgan fingerprint density at radius 1 is 1.57 bits per heavy atom. The van der Waals surface area contributed by atoms with Crippen molar-refractivity contribution < 1.29 is 14.6 Å². The summed E-state index contributed by atoms with van der Waals surface area (Å²) in [7, 11) is 1.42. The molecule has 0 bridgehead atoms. The van der Waals surface area contributed by atoms with Gasteiger partial charge in [0.2, 0.25) is 0 Å². The summed E-state index contributed by atoms with van der Waals surface area (Å²) in [5.41, 5.74) is 0.103. The van der Waals surface area contributed by atoms with E-state index in [4.69, 9.17) is 27.9 Å². The number of phenols is 1. The molecule has 0 radical (unpaired) electrons. The lowest BCUT2D eigenvalue weighted by molar-refractivity contribution is 0.101. The molecule has 1 aromatic rings. The summed E-state index contributed by atoms with van der Waals surface area (Å²) in [6, 6.07) is 2.61. The molecule has 0 saturated carbocycles. The number of hydrogen-bond acceptors (Lipinski definition) is 3. The SMILES string of the molecule is COc1cc(O)c(C(=O)CCl)cc1Cl. The Balaban J connectivity index is 3.21. The number of phenolic OH excluding ortho intramolecular Hbond substituents is 1. The van der Waals surface area contributed by atoms with Gasteiger partial charge in [-0.15, -0.1) is 11.6 Å². The van der Waals surface area contributed by atoms with Crippen LogP contribution < -0.4 is 4.74 Å². The fraction of sp³-hybridized carbons (Fsp3) is 0.222. The summed E-state index contributed by atoms with van der Waals surface area (Å²) >= 11 is 11.1. The van der Waals surface area contributed by atoms with E-state index < -0.39 is 0 Å². The van der Waals surface area contributed by atoms with Crippen LogP contribution in [0.1, 0.15) is 10.4 Å². The quantitative estimate of drug-likeness (QED) is 0.646. The number of alkyl halides is 1. The number of rotatable bonds is 3. The highest BCUT2D eigenvalue weighted by Crippen LogP contribution is 2.32. The summed E-state index contributed by atoms with van der Waals surface area (Å²) in [5.74, 6) is -0.447. The van der Waals surface area contributed by atoms with Crippen molar-refractivity contribution in [2.75, 3.05) is 13.0 Å². The van der Waals surface area contributed by atoms with Crippen molar-refractivity contribution in [3.8, 4) is 11.5 Å². The van der Waals surface area contributed by atoms with Crippen LogP contribution in [0.2, 0.25) is 5.02 Å². The molecule has 1 aromatic carbocycles. The molecule has 0 aromatic heterocycles. The number of carbonyl (C=O) groups is 1. The third-order valence-corrected chi connectivity index (χ3v) is 2.23. The number of methoxy groups -OCH3 is 1. The van der Waals surface area contributed by atoms with E-state index in [0.29, 0.717) is 5.75 Å². The topological polar surface area (TPSA) is 46.5 Å². The second kappa shape index (κ2) is 4.53. The maximum absolute atomic E-state index is 11.2. The van der Waals surface area contributed by atoms with Crippen molar-refractivity contribution in [3.63, 3.8) is 0 Å². The maximum Gasteiger partial charge on any atom is 0.181 e. The van der Waals surface area contributed by atoms with Crippen molar-refractivity contribution in [2.24, 2.45) is 0 Å². The summed E-state index contributed by atoms with van der Waals surface area (Å²) in [6.07, 6.45) is 0. The van der Waals surface area contributed by atoms with Crippen molar-refractivity contribution in [3.05, 3.63) is 22.7 Å². The maximum atomic E-state index is 11.2. The largest absolute Gasteiger partial charge is 0.507 e. The predicted octanol–water partition coefficient (Wildman–Crippen LogP) is 2.48. The lowest BCUT2D eigenvalue weighted by Crippen LogP contribution is -2.01. The number of carbonyl (C=O) groups excluding carboxylic acids is 1. The smallest absolute Gasteiger partial charge is 0.181 e. The van der Waals surface area contributed by atoms with E-state index >= 15 is 0 Å². The standard InChI is InChI=1S/C9H8Cl2O3/c1-14-9-3-7(12)5(2-6(9)11)8(13)4-10/h2-3,12H,4H2,1H3. The Labute approximate surface area is 91.2 Å². The summed E-state index contributed by atoms with van der Waals surface area (Å²) < 4.78 is 4.86. The predicted molar refractivity (Wildman–Crippen MR) is 54.7 cm³/mol. The van der Waals surface area contributed by atoms with E-state index in [1.807, 2.05) is 0 Å². The van der Waals surface area contributed by atoms with Gasteiger partial charge in [0.1, 0.15) is 11.5 Å². The third-order valence-electron chi connectivity index (χ3n) is 1.69. The molecule has 0 aliphatic carbocycles. The lowest BCUT2D eigenvalue weighted by Gasteiger charge is -2.06. The summed E-state index contributed by atoms with van der Waals surface area (Å²) in [6.45, 7) is 0. The minimum atomic E-state index is -0.381. The number of Topliss-reactive ketones (excluding diaryl/α,β-unsaturated/α-hetero) is 1. The molecule has 0 fully saturated rings. The molecule has 0 heterocycles. The number of halogens is 2.